The molecule has 0 saturated carbocycles. The van der Waals surface area contributed by atoms with Gasteiger partial charge in [0.05, 0.1) is 6.54 Å². The van der Waals surface area contributed by atoms with Crippen LogP contribution in [-0.4, -0.2) is 33.1 Å². The zero-order chi connectivity index (χ0) is 19.6. The summed E-state index contributed by atoms with van der Waals surface area (Å²) in [6, 6.07) is 9.52. The maximum atomic E-state index is 12.6. The number of amides is 2. The molecule has 2 rings (SSSR count). The van der Waals surface area contributed by atoms with Gasteiger partial charge in [-0.05, 0) is 24.5 Å². The molecular weight excluding hydrogens is 358 g/mol. The monoisotopic (exact) mass is 378 g/mol. The van der Waals surface area contributed by atoms with Gasteiger partial charge >= 0.3 is 12.0 Å². The van der Waals surface area contributed by atoms with Crippen molar-refractivity contribution >= 4 is 12.0 Å². The van der Waals surface area contributed by atoms with Crippen LogP contribution in [0.4, 0.5) is 13.6 Å². The van der Waals surface area contributed by atoms with Crippen LogP contribution in [0.3, 0.4) is 0 Å². The van der Waals surface area contributed by atoms with Gasteiger partial charge in [0, 0.05) is 18.7 Å². The Balaban J connectivity index is 1.92. The molecule has 2 aromatic rings. The van der Waals surface area contributed by atoms with Gasteiger partial charge in [-0.3, -0.25) is 4.79 Å². The number of rotatable bonds is 9. The van der Waals surface area contributed by atoms with Crippen molar-refractivity contribution in [1.29, 1.82) is 0 Å². The number of carboxylic acids is 1. The molecule has 0 aliphatic rings. The normalized spacial score (nSPS) is 11.8. The van der Waals surface area contributed by atoms with E-state index in [2.05, 4.69) is 20.6 Å². The van der Waals surface area contributed by atoms with Gasteiger partial charge in [-0.2, -0.15) is 0 Å². The van der Waals surface area contributed by atoms with Crippen molar-refractivity contribution in [1.82, 2.24) is 20.6 Å². The Morgan fingerprint density at radius 2 is 1.89 bits per heavy atom. The third-order valence-corrected chi connectivity index (χ3v) is 3.72. The van der Waals surface area contributed by atoms with Crippen molar-refractivity contribution in [2.45, 2.75) is 38.3 Å². The van der Waals surface area contributed by atoms with E-state index in [-0.39, 0.29) is 25.2 Å². The first kappa shape index (κ1) is 20.2. The summed E-state index contributed by atoms with van der Waals surface area (Å²) in [5, 5.41) is 14.1. The van der Waals surface area contributed by atoms with Gasteiger partial charge in [-0.15, -0.1) is 0 Å². The molecule has 0 radical (unpaired) electrons. The molecule has 3 N–H and O–H groups in total. The lowest BCUT2D eigenvalue weighted by molar-refractivity contribution is -0.137. The summed E-state index contributed by atoms with van der Waals surface area (Å²) in [4.78, 5) is 30.4. The van der Waals surface area contributed by atoms with E-state index in [4.69, 9.17) is 5.11 Å². The second-order valence-electron chi connectivity index (χ2n) is 5.84. The quantitative estimate of drug-likeness (QED) is 0.622. The first-order valence-corrected chi connectivity index (χ1v) is 8.34. The molecule has 0 aliphatic heterocycles. The van der Waals surface area contributed by atoms with E-state index in [9.17, 15) is 18.4 Å². The summed E-state index contributed by atoms with van der Waals surface area (Å²) < 4.78 is 25.3. The Morgan fingerprint density at radius 3 is 2.56 bits per heavy atom. The number of carbonyl (C=O) groups excluding carboxylic acids is 1. The minimum absolute atomic E-state index is 0.0631. The molecule has 144 valence electrons. The van der Waals surface area contributed by atoms with E-state index < -0.39 is 30.2 Å². The fourth-order valence-electron chi connectivity index (χ4n) is 2.44. The Morgan fingerprint density at radius 1 is 1.15 bits per heavy atom. The van der Waals surface area contributed by atoms with Crippen molar-refractivity contribution in [2.24, 2.45) is 0 Å². The van der Waals surface area contributed by atoms with Gasteiger partial charge in [0.15, 0.2) is 0 Å². The van der Waals surface area contributed by atoms with Crippen LogP contribution in [0.25, 0.3) is 0 Å². The second kappa shape index (κ2) is 10.1. The van der Waals surface area contributed by atoms with E-state index >= 15 is 0 Å². The van der Waals surface area contributed by atoms with E-state index in [0.717, 1.165) is 11.6 Å². The van der Waals surface area contributed by atoms with E-state index in [0.29, 0.717) is 6.42 Å². The van der Waals surface area contributed by atoms with E-state index in [1.54, 1.807) is 0 Å². The second-order valence-corrected chi connectivity index (χ2v) is 5.84. The van der Waals surface area contributed by atoms with E-state index in [1.807, 2.05) is 30.3 Å². The molecule has 0 saturated heterocycles. The minimum atomic E-state index is -2.72. The summed E-state index contributed by atoms with van der Waals surface area (Å²) in [6.07, 6.45) is -0.869. The molecule has 1 atom stereocenters. The van der Waals surface area contributed by atoms with Crippen molar-refractivity contribution < 1.29 is 23.5 Å². The number of aromatic nitrogens is 2. The number of nitrogens with one attached hydrogen (secondary N) is 2. The van der Waals surface area contributed by atoms with Crippen LogP contribution < -0.4 is 10.6 Å². The SMILES string of the molecule is O=C(O)CCC(Cc1ccccc1)NC(=O)NCc1nccc(C(F)F)n1. The maximum absolute atomic E-state index is 12.6. The summed E-state index contributed by atoms with van der Waals surface area (Å²) in [5.74, 6) is -0.888. The van der Waals surface area contributed by atoms with E-state index in [1.165, 1.54) is 6.20 Å². The first-order valence-electron chi connectivity index (χ1n) is 8.34. The first-order chi connectivity index (χ1) is 12.9. The van der Waals surface area contributed by atoms with Crippen LogP contribution in [0.5, 0.6) is 0 Å². The largest absolute Gasteiger partial charge is 0.481 e. The van der Waals surface area contributed by atoms with Crippen molar-refractivity contribution in [3.63, 3.8) is 0 Å². The standard InChI is InChI=1S/C18H20F2N4O3/c19-17(20)14-8-9-21-15(24-14)11-22-18(27)23-13(6-7-16(25)26)10-12-4-2-1-3-5-12/h1-5,8-9,13,17H,6-7,10-11H2,(H,25,26)(H2,22,23,27). The molecule has 0 bridgehead atoms. The Hall–Kier alpha value is -3.10. The number of aliphatic carboxylic acids is 1. The minimum Gasteiger partial charge on any atom is -0.481 e. The van der Waals surface area contributed by atoms with Crippen LogP contribution in [0, 0.1) is 0 Å². The molecule has 9 heteroatoms. The summed E-state index contributed by atoms with van der Waals surface area (Å²) in [5.41, 5.74) is 0.548. The number of carbonyl (C=O) groups is 2. The average Bonchev–Trinajstić information content (AvgIpc) is 2.65. The smallest absolute Gasteiger partial charge is 0.315 e. The lowest BCUT2D eigenvalue weighted by Gasteiger charge is -2.18. The summed E-state index contributed by atoms with van der Waals surface area (Å²) in [6.45, 7) is -0.122. The number of halogens is 2. The third kappa shape index (κ3) is 7.35. The topological polar surface area (TPSA) is 104 Å². The van der Waals surface area contributed by atoms with Crippen molar-refractivity contribution in [3.8, 4) is 0 Å². The average molecular weight is 378 g/mol. The molecule has 7 nitrogen and oxygen atoms in total. The highest BCUT2D eigenvalue weighted by molar-refractivity contribution is 5.74. The predicted octanol–water partition coefficient (Wildman–Crippen LogP) is 2.69. The number of nitrogens with zero attached hydrogens (tertiary/aromatic N) is 2. The van der Waals surface area contributed by atoms with Crippen LogP contribution >= 0.6 is 0 Å². The molecule has 27 heavy (non-hydrogen) atoms. The number of urea groups is 1. The summed E-state index contributed by atoms with van der Waals surface area (Å²) >= 11 is 0. The highest BCUT2D eigenvalue weighted by Crippen LogP contribution is 2.15. The molecule has 1 aromatic carbocycles. The van der Waals surface area contributed by atoms with Crippen LogP contribution in [0.2, 0.25) is 0 Å². The maximum Gasteiger partial charge on any atom is 0.315 e. The van der Waals surface area contributed by atoms with Gasteiger partial charge in [0.1, 0.15) is 11.5 Å². The Labute approximate surface area is 154 Å². The van der Waals surface area contributed by atoms with Gasteiger partial charge in [-0.25, -0.2) is 23.5 Å². The van der Waals surface area contributed by atoms with Crippen LogP contribution in [0.15, 0.2) is 42.6 Å². The molecule has 1 heterocycles. The molecule has 0 spiro atoms. The third-order valence-electron chi connectivity index (χ3n) is 3.72. The fourth-order valence-corrected chi connectivity index (χ4v) is 2.44. The number of benzene rings is 1. The fraction of sp³-hybridized carbons (Fsp3) is 0.333. The predicted molar refractivity (Wildman–Crippen MR) is 93.2 cm³/mol. The molecule has 1 aromatic heterocycles. The van der Waals surface area contributed by atoms with Gasteiger partial charge in [0.25, 0.3) is 6.43 Å². The lowest BCUT2D eigenvalue weighted by Crippen LogP contribution is -2.43. The highest BCUT2D eigenvalue weighted by Gasteiger charge is 2.15. The van der Waals surface area contributed by atoms with Crippen LogP contribution in [0.1, 0.15) is 36.3 Å². The summed E-state index contributed by atoms with van der Waals surface area (Å²) in [7, 11) is 0. The van der Waals surface area contributed by atoms with Crippen LogP contribution in [-0.2, 0) is 17.8 Å². The van der Waals surface area contributed by atoms with Crippen molar-refractivity contribution in [2.75, 3.05) is 0 Å². The lowest BCUT2D eigenvalue weighted by atomic mass is 10.0. The number of hydrogen-bond donors (Lipinski definition) is 3. The number of hydrogen-bond acceptors (Lipinski definition) is 4. The number of carboxylic acid groups (broad SMARTS) is 1. The van der Waals surface area contributed by atoms with Gasteiger partial charge in [-0.1, -0.05) is 30.3 Å². The zero-order valence-corrected chi connectivity index (χ0v) is 14.4. The highest BCUT2D eigenvalue weighted by atomic mass is 19.3. The number of alkyl halides is 2. The molecule has 0 aliphatic carbocycles. The molecule has 2 amide bonds. The molecule has 0 fully saturated rings. The molecule has 1 unspecified atom stereocenters. The zero-order valence-electron chi connectivity index (χ0n) is 14.4. The van der Waals surface area contributed by atoms with Gasteiger partial charge in [0.2, 0.25) is 0 Å². The van der Waals surface area contributed by atoms with Gasteiger partial charge < -0.3 is 15.7 Å². The molecular formula is C18H20F2N4O3. The Kier molecular flexibility index (Phi) is 7.60. The van der Waals surface area contributed by atoms with Crippen molar-refractivity contribution in [3.05, 3.63) is 59.7 Å². The Bertz CT molecular complexity index is 759.